The molecule has 0 saturated carbocycles. The van der Waals surface area contributed by atoms with Crippen LogP contribution in [0.25, 0.3) is 0 Å². The van der Waals surface area contributed by atoms with Gasteiger partial charge in [-0.25, -0.2) is 0 Å². The zero-order chi connectivity index (χ0) is 13.9. The van der Waals surface area contributed by atoms with E-state index in [9.17, 15) is 0 Å². The number of rotatable bonds is 4. The summed E-state index contributed by atoms with van der Waals surface area (Å²) in [7, 11) is 0. The van der Waals surface area contributed by atoms with Crippen molar-refractivity contribution < 1.29 is 4.74 Å². The lowest BCUT2D eigenvalue weighted by atomic mass is 10.1. The summed E-state index contributed by atoms with van der Waals surface area (Å²) in [6, 6.07) is 7.84. The molecule has 0 aliphatic carbocycles. The fraction of sp³-hybridized carbons (Fsp3) is 0.467. The summed E-state index contributed by atoms with van der Waals surface area (Å²) >= 11 is 0. The number of hydrogen-bond acceptors (Lipinski definition) is 4. The van der Waals surface area contributed by atoms with Gasteiger partial charge in [0, 0.05) is 24.6 Å². The molecule has 0 saturated heterocycles. The maximum atomic E-state index is 5.96. The van der Waals surface area contributed by atoms with Crippen LogP contribution >= 0.6 is 0 Å². The van der Waals surface area contributed by atoms with Crippen molar-refractivity contribution >= 4 is 0 Å². The highest BCUT2D eigenvalue weighted by Crippen LogP contribution is 2.24. The summed E-state index contributed by atoms with van der Waals surface area (Å²) in [6.07, 6.45) is 3.41. The Morgan fingerprint density at radius 2 is 2.15 bits per heavy atom. The molecule has 1 aliphatic heterocycles. The Morgan fingerprint density at radius 3 is 3.00 bits per heavy atom. The number of nitrogens with zero attached hydrogens (tertiary/aromatic N) is 3. The molecule has 2 aromatic rings. The second kappa shape index (κ2) is 5.63. The zero-order valence-corrected chi connectivity index (χ0v) is 11.7. The molecule has 0 amide bonds. The summed E-state index contributed by atoms with van der Waals surface area (Å²) in [4.78, 5) is 0. The van der Waals surface area contributed by atoms with E-state index in [2.05, 4.69) is 14.8 Å². The molecule has 0 bridgehead atoms. The lowest BCUT2D eigenvalue weighted by Gasteiger charge is -2.16. The Kier molecular flexibility index (Phi) is 3.69. The number of para-hydroxylation sites is 1. The molecule has 1 aromatic carbocycles. The lowest BCUT2D eigenvalue weighted by molar-refractivity contribution is 0.282. The number of benzene rings is 1. The molecule has 1 aliphatic rings. The fourth-order valence-electron chi connectivity index (χ4n) is 2.61. The molecule has 2 heterocycles. The van der Waals surface area contributed by atoms with Gasteiger partial charge in [0.15, 0.2) is 5.82 Å². The maximum Gasteiger partial charge on any atom is 0.171 e. The average molecular weight is 272 g/mol. The molecule has 3 rings (SSSR count). The predicted molar refractivity (Wildman–Crippen MR) is 76.3 cm³/mol. The first kappa shape index (κ1) is 13.1. The molecule has 1 atom stereocenters. The van der Waals surface area contributed by atoms with Gasteiger partial charge in [0.25, 0.3) is 0 Å². The number of aromatic nitrogens is 3. The predicted octanol–water partition coefficient (Wildman–Crippen LogP) is 2.21. The molecule has 0 unspecified atom stereocenters. The molecule has 5 nitrogen and oxygen atoms in total. The van der Waals surface area contributed by atoms with Crippen molar-refractivity contribution in [1.29, 1.82) is 0 Å². The number of nitrogens with two attached hydrogens (primary N) is 1. The van der Waals surface area contributed by atoms with Crippen molar-refractivity contribution in [1.82, 2.24) is 14.8 Å². The standard InChI is InChI=1S/C15H20N4O/c1-11(16)12-6-2-3-7-13(12)20-10-15-18-17-14-8-4-5-9-19(14)15/h2-3,6-7,11H,4-5,8-10,16H2,1H3/t11-/m1/s1. The number of fused-ring (bicyclic) bond motifs is 1. The van der Waals surface area contributed by atoms with Crippen LogP contribution in [0.2, 0.25) is 0 Å². The van der Waals surface area contributed by atoms with Gasteiger partial charge in [-0.2, -0.15) is 0 Å². The van der Waals surface area contributed by atoms with E-state index in [0.717, 1.165) is 35.9 Å². The highest BCUT2D eigenvalue weighted by atomic mass is 16.5. The lowest BCUT2D eigenvalue weighted by Crippen LogP contribution is -2.15. The molecule has 0 fully saturated rings. The molecule has 0 spiro atoms. The first-order valence-corrected chi connectivity index (χ1v) is 7.14. The maximum absolute atomic E-state index is 5.96. The SMILES string of the molecule is C[C@@H](N)c1ccccc1OCc1nnc2n1CCCC2. The Labute approximate surface area is 118 Å². The average Bonchev–Trinajstić information content (AvgIpc) is 2.88. The molecule has 106 valence electrons. The van der Waals surface area contributed by atoms with Gasteiger partial charge in [-0.05, 0) is 25.8 Å². The van der Waals surface area contributed by atoms with E-state index in [0.29, 0.717) is 6.61 Å². The first-order chi connectivity index (χ1) is 9.75. The van der Waals surface area contributed by atoms with Crippen LogP contribution in [0.3, 0.4) is 0 Å². The molecule has 2 N–H and O–H groups in total. The first-order valence-electron chi connectivity index (χ1n) is 7.14. The van der Waals surface area contributed by atoms with E-state index < -0.39 is 0 Å². The largest absolute Gasteiger partial charge is 0.485 e. The summed E-state index contributed by atoms with van der Waals surface area (Å²) in [5.41, 5.74) is 6.98. The molecule has 20 heavy (non-hydrogen) atoms. The normalized spacial score (nSPS) is 15.7. The van der Waals surface area contributed by atoms with Gasteiger partial charge in [0.1, 0.15) is 18.2 Å². The monoisotopic (exact) mass is 272 g/mol. The van der Waals surface area contributed by atoms with Crippen LogP contribution in [0.15, 0.2) is 24.3 Å². The summed E-state index contributed by atoms with van der Waals surface area (Å²) in [5.74, 6) is 2.81. The van der Waals surface area contributed by atoms with E-state index in [1.807, 2.05) is 31.2 Å². The van der Waals surface area contributed by atoms with Crippen molar-refractivity contribution in [2.45, 2.75) is 45.4 Å². The van der Waals surface area contributed by atoms with E-state index in [4.69, 9.17) is 10.5 Å². The highest BCUT2D eigenvalue weighted by molar-refractivity contribution is 5.35. The minimum absolute atomic E-state index is 0.0430. The second-order valence-corrected chi connectivity index (χ2v) is 5.26. The van der Waals surface area contributed by atoms with Gasteiger partial charge in [-0.15, -0.1) is 10.2 Å². The fourth-order valence-corrected chi connectivity index (χ4v) is 2.61. The van der Waals surface area contributed by atoms with Crippen LogP contribution in [-0.4, -0.2) is 14.8 Å². The number of ether oxygens (including phenoxy) is 1. The van der Waals surface area contributed by atoms with Gasteiger partial charge in [0.05, 0.1) is 0 Å². The Balaban J connectivity index is 1.75. The minimum atomic E-state index is -0.0430. The van der Waals surface area contributed by atoms with Crippen LogP contribution in [0, 0.1) is 0 Å². The third-order valence-corrected chi connectivity index (χ3v) is 3.70. The molecule has 5 heteroatoms. The molecular formula is C15H20N4O. The van der Waals surface area contributed by atoms with E-state index in [1.165, 1.54) is 12.8 Å². The number of hydrogen-bond donors (Lipinski definition) is 1. The van der Waals surface area contributed by atoms with Crippen molar-refractivity contribution in [3.05, 3.63) is 41.5 Å². The Hall–Kier alpha value is -1.88. The van der Waals surface area contributed by atoms with Gasteiger partial charge >= 0.3 is 0 Å². The summed E-state index contributed by atoms with van der Waals surface area (Å²) in [5, 5.41) is 8.48. The van der Waals surface area contributed by atoms with Crippen molar-refractivity contribution in [3.8, 4) is 5.75 Å². The van der Waals surface area contributed by atoms with E-state index >= 15 is 0 Å². The third kappa shape index (κ3) is 2.54. The summed E-state index contributed by atoms with van der Waals surface area (Å²) < 4.78 is 8.08. The van der Waals surface area contributed by atoms with Crippen LogP contribution in [-0.2, 0) is 19.6 Å². The van der Waals surface area contributed by atoms with Crippen molar-refractivity contribution in [2.75, 3.05) is 0 Å². The molecule has 0 radical (unpaired) electrons. The van der Waals surface area contributed by atoms with Crippen LogP contribution in [0.5, 0.6) is 5.75 Å². The minimum Gasteiger partial charge on any atom is -0.485 e. The highest BCUT2D eigenvalue weighted by Gasteiger charge is 2.16. The summed E-state index contributed by atoms with van der Waals surface area (Å²) in [6.45, 7) is 3.40. The quantitative estimate of drug-likeness (QED) is 0.926. The Morgan fingerprint density at radius 1 is 1.30 bits per heavy atom. The van der Waals surface area contributed by atoms with E-state index in [-0.39, 0.29) is 6.04 Å². The smallest absolute Gasteiger partial charge is 0.171 e. The third-order valence-electron chi connectivity index (χ3n) is 3.70. The van der Waals surface area contributed by atoms with Gasteiger partial charge < -0.3 is 15.0 Å². The van der Waals surface area contributed by atoms with Crippen molar-refractivity contribution in [3.63, 3.8) is 0 Å². The second-order valence-electron chi connectivity index (χ2n) is 5.26. The van der Waals surface area contributed by atoms with Crippen LogP contribution < -0.4 is 10.5 Å². The van der Waals surface area contributed by atoms with Crippen molar-refractivity contribution in [2.24, 2.45) is 5.73 Å². The zero-order valence-electron chi connectivity index (χ0n) is 11.7. The Bertz CT molecular complexity index is 591. The van der Waals surface area contributed by atoms with E-state index in [1.54, 1.807) is 0 Å². The topological polar surface area (TPSA) is 66.0 Å². The van der Waals surface area contributed by atoms with Gasteiger partial charge in [-0.3, -0.25) is 0 Å². The number of aryl methyl sites for hydroxylation is 1. The van der Waals surface area contributed by atoms with Gasteiger partial charge in [0.2, 0.25) is 0 Å². The van der Waals surface area contributed by atoms with Crippen LogP contribution in [0.1, 0.15) is 43.0 Å². The van der Waals surface area contributed by atoms with Crippen LogP contribution in [0.4, 0.5) is 0 Å². The molecular weight excluding hydrogens is 252 g/mol. The molecule has 1 aromatic heterocycles. The van der Waals surface area contributed by atoms with Gasteiger partial charge in [-0.1, -0.05) is 18.2 Å².